The van der Waals surface area contributed by atoms with Gasteiger partial charge in [0.1, 0.15) is 18.3 Å². The molecule has 9 heteroatoms. The van der Waals surface area contributed by atoms with Crippen molar-refractivity contribution in [3.8, 4) is 23.8 Å². The van der Waals surface area contributed by atoms with Crippen LogP contribution < -0.4 is 20.2 Å². The van der Waals surface area contributed by atoms with Gasteiger partial charge < -0.3 is 14.8 Å². The molecule has 0 saturated heterocycles. The normalized spacial score (nSPS) is 11.4. The molecule has 156 valence electrons. The topological polar surface area (TPSA) is 89.0 Å². The van der Waals surface area contributed by atoms with Gasteiger partial charge >= 0.3 is 0 Å². The highest BCUT2D eigenvalue weighted by Gasteiger charge is 2.22. The van der Waals surface area contributed by atoms with Crippen molar-refractivity contribution in [3.05, 3.63) is 52.3 Å². The summed E-state index contributed by atoms with van der Waals surface area (Å²) >= 11 is 3.36. The maximum Gasteiger partial charge on any atom is 0.252 e. The Bertz CT molecular complexity index is 1000. The summed E-state index contributed by atoms with van der Waals surface area (Å²) in [7, 11) is 1.48. The molecule has 0 saturated carbocycles. The molecule has 2 rings (SSSR count). The number of methoxy groups -OCH3 is 1. The largest absolute Gasteiger partial charge is 0.493 e. The molecule has 0 aliphatic rings. The fraction of sp³-hybridized carbons (Fsp3) is 0.190. The first-order chi connectivity index (χ1) is 14.4. The van der Waals surface area contributed by atoms with Crippen molar-refractivity contribution < 1.29 is 23.5 Å². The number of hydrogen-bond donors (Lipinski definition) is 2. The standard InChI is InChI=1S/C21H19BrFN3O4/c1-4-9-30-19-15(22)10-14(11-18(19)29-3)12-24-26-21(28)13(2)20(27)25-17-8-6-5-7-16(17)23/h1,5-8,10-13H,9H2,2-3H3,(H,25,27)(H,26,28). The minimum atomic E-state index is -1.09. The molecule has 1 unspecified atom stereocenters. The summed E-state index contributed by atoms with van der Waals surface area (Å²) in [6, 6.07) is 9.01. The van der Waals surface area contributed by atoms with E-state index in [0.29, 0.717) is 21.5 Å². The van der Waals surface area contributed by atoms with Crippen molar-refractivity contribution in [3.63, 3.8) is 0 Å². The molecule has 0 radical (unpaired) electrons. The van der Waals surface area contributed by atoms with E-state index in [1.54, 1.807) is 18.2 Å². The molecule has 30 heavy (non-hydrogen) atoms. The lowest BCUT2D eigenvalue weighted by Gasteiger charge is -2.12. The Morgan fingerprint density at radius 1 is 1.33 bits per heavy atom. The van der Waals surface area contributed by atoms with Gasteiger partial charge in [0, 0.05) is 0 Å². The minimum absolute atomic E-state index is 0.00487. The third kappa shape index (κ3) is 6.06. The first-order valence-electron chi connectivity index (χ1n) is 8.69. The molecule has 0 aromatic heterocycles. The van der Waals surface area contributed by atoms with Crippen molar-refractivity contribution in [2.75, 3.05) is 19.0 Å². The number of nitrogens with one attached hydrogen (secondary N) is 2. The first kappa shape index (κ1) is 22.9. The Morgan fingerprint density at radius 2 is 2.07 bits per heavy atom. The summed E-state index contributed by atoms with van der Waals surface area (Å²) in [5.74, 6) is 0.230. The van der Waals surface area contributed by atoms with Gasteiger partial charge in [0.15, 0.2) is 11.5 Å². The van der Waals surface area contributed by atoms with Crippen LogP contribution in [0, 0.1) is 24.1 Å². The highest BCUT2D eigenvalue weighted by atomic mass is 79.9. The van der Waals surface area contributed by atoms with E-state index in [9.17, 15) is 14.0 Å². The van der Waals surface area contributed by atoms with Gasteiger partial charge in [-0.25, -0.2) is 9.82 Å². The molecular formula is C21H19BrFN3O4. The summed E-state index contributed by atoms with van der Waals surface area (Å²) in [6.45, 7) is 1.46. The summed E-state index contributed by atoms with van der Waals surface area (Å²) in [5, 5.41) is 6.22. The summed E-state index contributed by atoms with van der Waals surface area (Å²) in [6.07, 6.45) is 6.57. The molecule has 0 bridgehead atoms. The number of terminal acetylenes is 1. The second-order valence-corrected chi connectivity index (χ2v) is 6.81. The van der Waals surface area contributed by atoms with E-state index in [2.05, 4.69) is 37.7 Å². The Balaban J connectivity index is 2.01. The number of anilines is 1. The molecule has 2 N–H and O–H groups in total. The number of amides is 2. The molecule has 0 aliphatic heterocycles. The number of carbonyl (C=O) groups is 2. The Labute approximate surface area is 181 Å². The number of carbonyl (C=O) groups excluding carboxylic acids is 2. The van der Waals surface area contributed by atoms with Crippen LogP contribution >= 0.6 is 15.9 Å². The van der Waals surface area contributed by atoms with Gasteiger partial charge in [-0.3, -0.25) is 9.59 Å². The van der Waals surface area contributed by atoms with E-state index >= 15 is 0 Å². The van der Waals surface area contributed by atoms with Gasteiger partial charge in [0.2, 0.25) is 5.91 Å². The van der Waals surface area contributed by atoms with Crippen LogP contribution in [0.15, 0.2) is 46.0 Å². The van der Waals surface area contributed by atoms with Crippen LogP contribution in [0.5, 0.6) is 11.5 Å². The number of ether oxygens (including phenoxy) is 2. The van der Waals surface area contributed by atoms with Crippen LogP contribution in [0.4, 0.5) is 10.1 Å². The number of rotatable bonds is 8. The van der Waals surface area contributed by atoms with E-state index in [1.807, 2.05) is 0 Å². The third-order valence-electron chi connectivity index (χ3n) is 3.86. The lowest BCUT2D eigenvalue weighted by Crippen LogP contribution is -2.34. The van der Waals surface area contributed by atoms with Crippen molar-refractivity contribution in [1.82, 2.24) is 5.43 Å². The molecule has 7 nitrogen and oxygen atoms in total. The third-order valence-corrected chi connectivity index (χ3v) is 4.45. The second kappa shape index (κ2) is 11.0. The van der Waals surface area contributed by atoms with Crippen LogP contribution in [0.25, 0.3) is 0 Å². The van der Waals surface area contributed by atoms with Crippen LogP contribution in [0.2, 0.25) is 0 Å². The zero-order valence-corrected chi connectivity index (χ0v) is 17.8. The van der Waals surface area contributed by atoms with Gasteiger partial charge in [-0.2, -0.15) is 5.10 Å². The van der Waals surface area contributed by atoms with E-state index < -0.39 is 23.5 Å². The number of nitrogens with zero attached hydrogens (tertiary/aromatic N) is 1. The van der Waals surface area contributed by atoms with Gasteiger partial charge in [0.25, 0.3) is 5.91 Å². The number of benzene rings is 2. The number of hydrazone groups is 1. The average molecular weight is 476 g/mol. The quantitative estimate of drug-likeness (QED) is 0.265. The van der Waals surface area contributed by atoms with Crippen LogP contribution in [0.3, 0.4) is 0 Å². The van der Waals surface area contributed by atoms with Crippen molar-refractivity contribution in [2.45, 2.75) is 6.92 Å². The monoisotopic (exact) mass is 475 g/mol. The van der Waals surface area contributed by atoms with Gasteiger partial charge in [-0.05, 0) is 52.7 Å². The number of hydrogen-bond acceptors (Lipinski definition) is 5. The Morgan fingerprint density at radius 3 is 2.73 bits per heavy atom. The second-order valence-electron chi connectivity index (χ2n) is 5.95. The predicted molar refractivity (Wildman–Crippen MR) is 115 cm³/mol. The lowest BCUT2D eigenvalue weighted by atomic mass is 10.1. The zero-order valence-electron chi connectivity index (χ0n) is 16.2. The average Bonchev–Trinajstić information content (AvgIpc) is 2.73. The van der Waals surface area contributed by atoms with Crippen LogP contribution in [-0.4, -0.2) is 31.7 Å². The van der Waals surface area contributed by atoms with Gasteiger partial charge in [-0.15, -0.1) is 6.42 Å². The molecule has 0 aliphatic carbocycles. The maximum absolute atomic E-state index is 13.6. The smallest absolute Gasteiger partial charge is 0.252 e. The summed E-state index contributed by atoms with van der Waals surface area (Å²) < 4.78 is 24.9. The maximum atomic E-state index is 13.6. The Kier molecular flexibility index (Phi) is 8.38. The molecule has 2 aromatic rings. The molecule has 0 fully saturated rings. The first-order valence-corrected chi connectivity index (χ1v) is 9.48. The summed E-state index contributed by atoms with van der Waals surface area (Å²) in [4.78, 5) is 24.3. The van der Waals surface area contributed by atoms with Crippen molar-refractivity contribution in [2.24, 2.45) is 11.0 Å². The highest BCUT2D eigenvalue weighted by Crippen LogP contribution is 2.36. The molecule has 0 spiro atoms. The van der Waals surface area contributed by atoms with Crippen LogP contribution in [-0.2, 0) is 9.59 Å². The number of para-hydroxylation sites is 1. The lowest BCUT2D eigenvalue weighted by molar-refractivity contribution is -0.131. The SMILES string of the molecule is C#CCOc1c(Br)cc(C=NNC(=O)C(C)C(=O)Nc2ccccc2F)cc1OC. The number of halogens is 2. The van der Waals surface area contributed by atoms with E-state index in [1.165, 1.54) is 38.4 Å². The van der Waals surface area contributed by atoms with Gasteiger partial charge in [-0.1, -0.05) is 18.1 Å². The van der Waals surface area contributed by atoms with E-state index in [0.717, 1.165) is 0 Å². The van der Waals surface area contributed by atoms with Gasteiger partial charge in [0.05, 0.1) is 23.5 Å². The Hall–Kier alpha value is -3.38. The van der Waals surface area contributed by atoms with E-state index in [-0.39, 0.29) is 12.3 Å². The molecule has 0 heterocycles. The molecular weight excluding hydrogens is 457 g/mol. The molecule has 2 aromatic carbocycles. The zero-order chi connectivity index (χ0) is 22.1. The van der Waals surface area contributed by atoms with Crippen molar-refractivity contribution >= 4 is 39.6 Å². The molecule has 1 atom stereocenters. The van der Waals surface area contributed by atoms with E-state index in [4.69, 9.17) is 15.9 Å². The fourth-order valence-electron chi connectivity index (χ4n) is 2.26. The fourth-order valence-corrected chi connectivity index (χ4v) is 2.83. The van der Waals surface area contributed by atoms with Crippen molar-refractivity contribution in [1.29, 1.82) is 0 Å². The van der Waals surface area contributed by atoms with Crippen LogP contribution in [0.1, 0.15) is 12.5 Å². The highest BCUT2D eigenvalue weighted by molar-refractivity contribution is 9.10. The minimum Gasteiger partial charge on any atom is -0.493 e. The predicted octanol–water partition coefficient (Wildman–Crippen LogP) is 3.33. The summed E-state index contributed by atoms with van der Waals surface area (Å²) in [5.41, 5.74) is 2.87. The molecule has 2 amide bonds.